The third-order valence-corrected chi connectivity index (χ3v) is 4.73. The van der Waals surface area contributed by atoms with Crippen LogP contribution in [0.2, 0.25) is 0 Å². The standard InChI is InChI=1S/C21H29N3O2/c1-3-4-12-22-21(23-13-11-17-8-7-14-25-17)24-16(2)19-15-26-20-10-6-5-9-18(19)20/h5-10,14,16,19H,3-4,11-13,15H2,1-2H3,(H2,22,23,24). The topological polar surface area (TPSA) is 58.8 Å². The molecule has 26 heavy (non-hydrogen) atoms. The number of hydrogen-bond donors (Lipinski definition) is 2. The van der Waals surface area contributed by atoms with E-state index < -0.39 is 0 Å². The van der Waals surface area contributed by atoms with Crippen LogP contribution in [-0.2, 0) is 6.42 Å². The number of furan rings is 1. The van der Waals surface area contributed by atoms with Gasteiger partial charge in [0.15, 0.2) is 5.96 Å². The zero-order valence-electron chi connectivity index (χ0n) is 15.7. The van der Waals surface area contributed by atoms with Crippen molar-refractivity contribution in [2.24, 2.45) is 4.99 Å². The summed E-state index contributed by atoms with van der Waals surface area (Å²) in [6, 6.07) is 12.4. The van der Waals surface area contributed by atoms with Crippen LogP contribution in [-0.4, -0.2) is 31.7 Å². The van der Waals surface area contributed by atoms with Crippen molar-refractivity contribution in [3.05, 3.63) is 54.0 Å². The number of para-hydroxylation sites is 1. The smallest absolute Gasteiger partial charge is 0.191 e. The minimum Gasteiger partial charge on any atom is -0.493 e. The molecule has 140 valence electrons. The molecule has 5 nitrogen and oxygen atoms in total. The average Bonchev–Trinajstić information content (AvgIpc) is 3.31. The third-order valence-electron chi connectivity index (χ3n) is 4.73. The maximum Gasteiger partial charge on any atom is 0.191 e. The van der Waals surface area contributed by atoms with E-state index in [4.69, 9.17) is 14.1 Å². The lowest BCUT2D eigenvalue weighted by molar-refractivity contribution is 0.312. The molecular formula is C21H29N3O2. The number of aliphatic imine (C=N–C) groups is 1. The zero-order chi connectivity index (χ0) is 18.2. The number of guanidine groups is 1. The molecule has 0 spiro atoms. The number of unbranched alkanes of at least 4 members (excludes halogenated alkanes) is 1. The molecule has 3 rings (SSSR count). The van der Waals surface area contributed by atoms with Gasteiger partial charge in [0, 0.05) is 37.0 Å². The molecule has 2 aromatic rings. The van der Waals surface area contributed by atoms with Crippen LogP contribution in [0.1, 0.15) is 43.9 Å². The zero-order valence-corrected chi connectivity index (χ0v) is 15.7. The largest absolute Gasteiger partial charge is 0.493 e. The Labute approximate surface area is 155 Å². The summed E-state index contributed by atoms with van der Waals surface area (Å²) in [5.74, 6) is 3.18. The van der Waals surface area contributed by atoms with Gasteiger partial charge in [0.1, 0.15) is 11.5 Å². The third kappa shape index (κ3) is 4.81. The monoisotopic (exact) mass is 355 g/mol. The van der Waals surface area contributed by atoms with Crippen LogP contribution in [0.5, 0.6) is 5.75 Å². The van der Waals surface area contributed by atoms with Crippen LogP contribution in [0, 0.1) is 0 Å². The number of hydrogen-bond acceptors (Lipinski definition) is 3. The number of benzene rings is 1. The first kappa shape index (κ1) is 18.4. The molecule has 0 saturated heterocycles. The maximum absolute atomic E-state index is 5.83. The van der Waals surface area contributed by atoms with E-state index in [0.717, 1.165) is 49.8 Å². The summed E-state index contributed by atoms with van der Waals surface area (Å²) in [5, 5.41) is 7.00. The van der Waals surface area contributed by atoms with Crippen LogP contribution < -0.4 is 15.4 Å². The number of fused-ring (bicyclic) bond motifs is 1. The van der Waals surface area contributed by atoms with Crippen molar-refractivity contribution < 1.29 is 9.15 Å². The van der Waals surface area contributed by atoms with Crippen LogP contribution >= 0.6 is 0 Å². The maximum atomic E-state index is 5.83. The number of nitrogens with one attached hydrogen (secondary N) is 2. The molecule has 0 fully saturated rings. The van der Waals surface area contributed by atoms with Gasteiger partial charge in [-0.3, -0.25) is 4.99 Å². The van der Waals surface area contributed by atoms with Crippen molar-refractivity contribution in [2.75, 3.05) is 19.7 Å². The fourth-order valence-corrected chi connectivity index (χ4v) is 3.18. The van der Waals surface area contributed by atoms with Crippen LogP contribution in [0.15, 0.2) is 52.1 Å². The normalized spacial score (nSPS) is 17.5. The predicted octanol–water partition coefficient (Wildman–Crippen LogP) is 3.72. The van der Waals surface area contributed by atoms with Gasteiger partial charge in [-0.25, -0.2) is 0 Å². The highest BCUT2D eigenvalue weighted by atomic mass is 16.5. The van der Waals surface area contributed by atoms with Crippen LogP contribution in [0.4, 0.5) is 0 Å². The van der Waals surface area contributed by atoms with Gasteiger partial charge in [-0.1, -0.05) is 31.5 Å². The first-order valence-electron chi connectivity index (χ1n) is 9.57. The number of ether oxygens (including phenoxy) is 1. The Hall–Kier alpha value is -2.43. The Kier molecular flexibility index (Phi) is 6.58. The Morgan fingerprint density at radius 3 is 2.96 bits per heavy atom. The van der Waals surface area contributed by atoms with Crippen molar-refractivity contribution in [2.45, 2.75) is 45.1 Å². The van der Waals surface area contributed by atoms with E-state index in [0.29, 0.717) is 12.5 Å². The van der Waals surface area contributed by atoms with Gasteiger partial charge in [-0.15, -0.1) is 0 Å². The van der Waals surface area contributed by atoms with Crippen molar-refractivity contribution in [3.8, 4) is 5.75 Å². The molecule has 0 aliphatic carbocycles. The summed E-state index contributed by atoms with van der Waals surface area (Å²) in [7, 11) is 0. The Balaban J connectivity index is 1.58. The molecule has 0 saturated carbocycles. The van der Waals surface area contributed by atoms with E-state index in [1.807, 2.05) is 24.3 Å². The summed E-state index contributed by atoms with van der Waals surface area (Å²) in [4.78, 5) is 4.72. The molecule has 1 aliphatic heterocycles. The summed E-state index contributed by atoms with van der Waals surface area (Å²) in [6.45, 7) is 6.71. The minimum atomic E-state index is 0.232. The molecule has 1 aliphatic rings. The van der Waals surface area contributed by atoms with E-state index in [1.54, 1.807) is 6.26 Å². The van der Waals surface area contributed by atoms with E-state index in [1.165, 1.54) is 5.56 Å². The van der Waals surface area contributed by atoms with Gasteiger partial charge in [-0.2, -0.15) is 0 Å². The fraction of sp³-hybridized carbons (Fsp3) is 0.476. The second-order valence-corrected chi connectivity index (χ2v) is 6.73. The van der Waals surface area contributed by atoms with Gasteiger partial charge in [-0.05, 0) is 31.5 Å². The fourth-order valence-electron chi connectivity index (χ4n) is 3.18. The average molecular weight is 355 g/mol. The summed E-state index contributed by atoms with van der Waals surface area (Å²) in [5.41, 5.74) is 1.27. The van der Waals surface area contributed by atoms with Crippen LogP contribution in [0.25, 0.3) is 0 Å². The molecule has 0 radical (unpaired) electrons. The van der Waals surface area contributed by atoms with E-state index in [2.05, 4.69) is 36.6 Å². The van der Waals surface area contributed by atoms with Gasteiger partial charge < -0.3 is 19.8 Å². The highest BCUT2D eigenvalue weighted by Crippen LogP contribution is 2.35. The number of rotatable bonds is 8. The van der Waals surface area contributed by atoms with E-state index in [9.17, 15) is 0 Å². The Morgan fingerprint density at radius 2 is 2.15 bits per heavy atom. The first-order chi connectivity index (χ1) is 12.8. The molecule has 2 N–H and O–H groups in total. The molecule has 0 amide bonds. The lowest BCUT2D eigenvalue weighted by Crippen LogP contribution is -2.45. The molecule has 5 heteroatoms. The molecular weight excluding hydrogens is 326 g/mol. The molecule has 2 heterocycles. The second kappa shape index (κ2) is 9.32. The van der Waals surface area contributed by atoms with Crippen molar-refractivity contribution in [1.82, 2.24) is 10.6 Å². The lowest BCUT2D eigenvalue weighted by atomic mass is 9.94. The van der Waals surface area contributed by atoms with Crippen molar-refractivity contribution in [3.63, 3.8) is 0 Å². The highest BCUT2D eigenvalue weighted by molar-refractivity contribution is 5.80. The van der Waals surface area contributed by atoms with Gasteiger partial charge in [0.25, 0.3) is 0 Å². The first-order valence-corrected chi connectivity index (χ1v) is 9.57. The molecule has 1 aromatic heterocycles. The van der Waals surface area contributed by atoms with Gasteiger partial charge in [0.2, 0.25) is 0 Å². The van der Waals surface area contributed by atoms with E-state index >= 15 is 0 Å². The summed E-state index contributed by atoms with van der Waals surface area (Å²) < 4.78 is 11.2. The second-order valence-electron chi connectivity index (χ2n) is 6.73. The predicted molar refractivity (Wildman–Crippen MR) is 105 cm³/mol. The van der Waals surface area contributed by atoms with E-state index in [-0.39, 0.29) is 6.04 Å². The minimum absolute atomic E-state index is 0.232. The molecule has 1 aromatic carbocycles. The Bertz CT molecular complexity index is 697. The highest BCUT2D eigenvalue weighted by Gasteiger charge is 2.29. The quantitative estimate of drug-likeness (QED) is 0.430. The van der Waals surface area contributed by atoms with Gasteiger partial charge in [0.05, 0.1) is 12.9 Å². The van der Waals surface area contributed by atoms with Gasteiger partial charge >= 0.3 is 0 Å². The summed E-state index contributed by atoms with van der Waals surface area (Å²) >= 11 is 0. The number of nitrogens with zero attached hydrogens (tertiary/aromatic N) is 1. The molecule has 2 atom stereocenters. The molecule has 2 unspecified atom stereocenters. The SMILES string of the molecule is CCCCN=C(NCCc1ccco1)NC(C)C1COc2ccccc21. The van der Waals surface area contributed by atoms with Crippen LogP contribution in [0.3, 0.4) is 0 Å². The van der Waals surface area contributed by atoms with Crippen molar-refractivity contribution in [1.29, 1.82) is 0 Å². The van der Waals surface area contributed by atoms with Crippen molar-refractivity contribution >= 4 is 5.96 Å². The lowest BCUT2D eigenvalue weighted by Gasteiger charge is -2.23. The summed E-state index contributed by atoms with van der Waals surface area (Å²) in [6.07, 6.45) is 4.78. The Morgan fingerprint density at radius 1 is 1.27 bits per heavy atom. The molecule has 0 bridgehead atoms.